The Morgan fingerprint density at radius 1 is 1.42 bits per heavy atom. The molecule has 0 saturated heterocycles. The topological polar surface area (TPSA) is 70.7 Å². The second kappa shape index (κ2) is 8.03. The molecule has 1 heterocycles. The number of nitrogens with zero attached hydrogens (tertiary/aromatic N) is 2. The second-order valence-corrected chi connectivity index (χ2v) is 7.77. The van der Waals surface area contributed by atoms with Crippen LogP contribution in [-0.4, -0.2) is 26.3 Å². The van der Waals surface area contributed by atoms with E-state index in [1.807, 2.05) is 31.2 Å². The summed E-state index contributed by atoms with van der Waals surface area (Å²) in [4.78, 5) is 16.8. The van der Waals surface area contributed by atoms with Crippen LogP contribution in [0.25, 0.3) is 0 Å². The Balaban J connectivity index is 1.51. The molecule has 3 rings (SSSR count). The van der Waals surface area contributed by atoms with Crippen LogP contribution in [0.15, 0.2) is 29.4 Å². The molecular weight excluding hydrogens is 344 g/mol. The molecule has 1 aliphatic rings. The number of halogens is 1. The number of amides is 1. The Morgan fingerprint density at radius 3 is 2.92 bits per heavy atom. The molecule has 7 heteroatoms. The van der Waals surface area contributed by atoms with Crippen molar-refractivity contribution < 1.29 is 4.79 Å². The molecule has 1 saturated carbocycles. The van der Waals surface area contributed by atoms with Crippen LogP contribution in [0.4, 0.5) is 0 Å². The summed E-state index contributed by atoms with van der Waals surface area (Å²) in [5.41, 5.74) is 0.908. The van der Waals surface area contributed by atoms with Gasteiger partial charge in [-0.05, 0) is 31.4 Å². The van der Waals surface area contributed by atoms with E-state index in [9.17, 15) is 4.79 Å². The van der Waals surface area contributed by atoms with Gasteiger partial charge in [-0.3, -0.25) is 9.89 Å². The van der Waals surface area contributed by atoms with Gasteiger partial charge in [0.05, 0.1) is 5.25 Å². The van der Waals surface area contributed by atoms with E-state index in [-0.39, 0.29) is 11.2 Å². The molecule has 5 nitrogen and oxygen atoms in total. The highest BCUT2D eigenvalue weighted by Gasteiger charge is 2.22. The summed E-state index contributed by atoms with van der Waals surface area (Å²) in [5, 5.41) is 11.2. The number of hydrogen-bond donors (Lipinski definition) is 2. The summed E-state index contributed by atoms with van der Waals surface area (Å²) >= 11 is 7.47. The van der Waals surface area contributed by atoms with Gasteiger partial charge in [0.2, 0.25) is 11.1 Å². The quantitative estimate of drug-likeness (QED) is 0.762. The molecule has 0 radical (unpaired) electrons. The first-order chi connectivity index (χ1) is 11.6. The SMILES string of the molecule is CC(Sc1n[nH]c(C2CCCC2)n1)C(=O)NCc1ccccc1Cl. The standard InChI is InChI=1S/C17H21ClN4OS/c1-11(16(23)19-10-13-8-4-5-9-14(13)18)24-17-20-15(21-22-17)12-6-2-3-7-12/h4-5,8-9,11-12H,2-3,6-7,10H2,1H3,(H,19,23)(H,20,21,22). The summed E-state index contributed by atoms with van der Waals surface area (Å²) in [5.74, 6) is 1.40. The molecule has 1 aliphatic carbocycles. The molecule has 1 aromatic carbocycles. The van der Waals surface area contributed by atoms with Gasteiger partial charge in [0.1, 0.15) is 5.82 Å². The largest absolute Gasteiger partial charge is 0.351 e. The normalized spacial score (nSPS) is 16.2. The predicted octanol–water partition coefficient (Wildman–Crippen LogP) is 3.91. The van der Waals surface area contributed by atoms with Crippen LogP contribution >= 0.6 is 23.4 Å². The highest BCUT2D eigenvalue weighted by atomic mass is 35.5. The molecular formula is C17H21ClN4OS. The minimum atomic E-state index is -0.264. The minimum absolute atomic E-state index is 0.0489. The van der Waals surface area contributed by atoms with Crippen molar-refractivity contribution in [2.24, 2.45) is 0 Å². The van der Waals surface area contributed by atoms with E-state index in [0.717, 1.165) is 11.4 Å². The van der Waals surface area contributed by atoms with Crippen molar-refractivity contribution in [2.45, 2.75) is 55.5 Å². The molecule has 1 aromatic heterocycles. The summed E-state index contributed by atoms with van der Waals surface area (Å²) < 4.78 is 0. The van der Waals surface area contributed by atoms with Crippen molar-refractivity contribution in [3.05, 3.63) is 40.7 Å². The Morgan fingerprint density at radius 2 is 2.17 bits per heavy atom. The average Bonchev–Trinajstić information content (AvgIpc) is 3.25. The van der Waals surface area contributed by atoms with Crippen LogP contribution in [0.1, 0.15) is 49.9 Å². The number of hydrogen-bond acceptors (Lipinski definition) is 4. The number of aromatic amines is 1. The first-order valence-electron chi connectivity index (χ1n) is 8.23. The third kappa shape index (κ3) is 4.30. The lowest BCUT2D eigenvalue weighted by molar-refractivity contribution is -0.120. The van der Waals surface area contributed by atoms with E-state index in [2.05, 4.69) is 20.5 Å². The Bertz CT molecular complexity index is 699. The van der Waals surface area contributed by atoms with Gasteiger partial charge in [-0.15, -0.1) is 5.10 Å². The molecule has 2 aromatic rings. The Kier molecular flexibility index (Phi) is 5.79. The van der Waals surface area contributed by atoms with Gasteiger partial charge in [-0.2, -0.15) is 0 Å². The minimum Gasteiger partial charge on any atom is -0.351 e. The fourth-order valence-corrected chi connectivity index (χ4v) is 3.83. The lowest BCUT2D eigenvalue weighted by Gasteiger charge is -2.11. The van der Waals surface area contributed by atoms with E-state index < -0.39 is 0 Å². The van der Waals surface area contributed by atoms with Crippen molar-refractivity contribution in [3.63, 3.8) is 0 Å². The zero-order valence-electron chi connectivity index (χ0n) is 13.6. The fourth-order valence-electron chi connectivity index (χ4n) is 2.87. The number of H-pyrrole nitrogens is 1. The van der Waals surface area contributed by atoms with E-state index in [1.165, 1.54) is 37.4 Å². The zero-order chi connectivity index (χ0) is 16.9. The molecule has 1 fully saturated rings. The van der Waals surface area contributed by atoms with Crippen LogP contribution < -0.4 is 5.32 Å². The molecule has 0 aliphatic heterocycles. The number of carbonyl (C=O) groups is 1. The van der Waals surface area contributed by atoms with Crippen LogP contribution in [-0.2, 0) is 11.3 Å². The van der Waals surface area contributed by atoms with Crippen molar-refractivity contribution in [3.8, 4) is 0 Å². The van der Waals surface area contributed by atoms with Gasteiger partial charge < -0.3 is 5.32 Å². The summed E-state index contributed by atoms with van der Waals surface area (Å²) in [6.07, 6.45) is 4.86. The summed E-state index contributed by atoms with van der Waals surface area (Å²) in [7, 11) is 0. The monoisotopic (exact) mass is 364 g/mol. The maximum absolute atomic E-state index is 12.3. The lowest BCUT2D eigenvalue weighted by Crippen LogP contribution is -2.30. The van der Waals surface area contributed by atoms with Gasteiger partial charge in [-0.25, -0.2) is 4.98 Å². The predicted molar refractivity (Wildman–Crippen MR) is 96.2 cm³/mol. The summed E-state index contributed by atoms with van der Waals surface area (Å²) in [6, 6.07) is 7.50. The first-order valence-corrected chi connectivity index (χ1v) is 9.49. The highest BCUT2D eigenvalue weighted by molar-refractivity contribution is 8.00. The molecule has 24 heavy (non-hydrogen) atoms. The number of rotatable bonds is 6. The van der Waals surface area contributed by atoms with Crippen molar-refractivity contribution >= 4 is 29.3 Å². The molecule has 2 N–H and O–H groups in total. The van der Waals surface area contributed by atoms with Crippen molar-refractivity contribution in [2.75, 3.05) is 0 Å². The Hall–Kier alpha value is -1.53. The van der Waals surface area contributed by atoms with Crippen molar-refractivity contribution in [1.29, 1.82) is 0 Å². The zero-order valence-corrected chi connectivity index (χ0v) is 15.2. The van der Waals surface area contributed by atoms with Gasteiger partial charge in [0.15, 0.2) is 0 Å². The van der Waals surface area contributed by atoms with Gasteiger partial charge >= 0.3 is 0 Å². The van der Waals surface area contributed by atoms with Crippen LogP contribution in [0, 0.1) is 0 Å². The van der Waals surface area contributed by atoms with E-state index >= 15 is 0 Å². The molecule has 0 bridgehead atoms. The van der Waals surface area contributed by atoms with E-state index in [1.54, 1.807) is 0 Å². The number of thioether (sulfide) groups is 1. The molecule has 1 unspecified atom stereocenters. The average molecular weight is 365 g/mol. The van der Waals surface area contributed by atoms with E-state index in [0.29, 0.717) is 22.6 Å². The smallest absolute Gasteiger partial charge is 0.233 e. The van der Waals surface area contributed by atoms with Gasteiger partial charge in [0.25, 0.3) is 0 Å². The molecule has 1 atom stereocenters. The number of carbonyl (C=O) groups excluding carboxylic acids is 1. The second-order valence-electron chi connectivity index (χ2n) is 6.05. The van der Waals surface area contributed by atoms with E-state index in [4.69, 9.17) is 11.6 Å². The molecule has 0 spiro atoms. The fraction of sp³-hybridized carbons (Fsp3) is 0.471. The Labute approximate surface area is 151 Å². The van der Waals surface area contributed by atoms with Crippen LogP contribution in [0.5, 0.6) is 0 Å². The maximum Gasteiger partial charge on any atom is 0.233 e. The first kappa shape index (κ1) is 17.3. The highest BCUT2D eigenvalue weighted by Crippen LogP contribution is 2.33. The molecule has 1 amide bonds. The van der Waals surface area contributed by atoms with Crippen LogP contribution in [0.2, 0.25) is 5.02 Å². The van der Waals surface area contributed by atoms with Gasteiger partial charge in [0, 0.05) is 17.5 Å². The third-order valence-corrected chi connectivity index (χ3v) is 5.62. The lowest BCUT2D eigenvalue weighted by atomic mass is 10.1. The van der Waals surface area contributed by atoms with Crippen LogP contribution in [0.3, 0.4) is 0 Å². The number of aromatic nitrogens is 3. The maximum atomic E-state index is 12.3. The third-order valence-electron chi connectivity index (χ3n) is 4.29. The molecule has 128 valence electrons. The number of nitrogens with one attached hydrogen (secondary N) is 2. The summed E-state index contributed by atoms with van der Waals surface area (Å²) in [6.45, 7) is 2.28. The van der Waals surface area contributed by atoms with Gasteiger partial charge in [-0.1, -0.05) is 54.4 Å². The van der Waals surface area contributed by atoms with Crippen molar-refractivity contribution in [1.82, 2.24) is 20.5 Å². The number of benzene rings is 1.